The molecule has 0 aliphatic carbocycles. The standard InChI is InChI=1S/C40H34N2/c1-4-31-15-23-36(24-16-31)42(38-12-8-10-30(3)28-38)37-25-19-33(20-26-37)32-17-21-35(22-18-32)41-40-14-6-5-13-39(40)34-11-7-9-29(2)27-34/h4-28,41H,1H2,2-3H3. The Hall–Kier alpha value is -5.34. The molecule has 0 radical (unpaired) electrons. The molecule has 0 aliphatic rings. The molecular weight excluding hydrogens is 508 g/mol. The molecule has 1 N–H and O–H groups in total. The first-order chi connectivity index (χ1) is 20.6. The molecule has 0 fully saturated rings. The van der Waals surface area contributed by atoms with Crippen LogP contribution in [-0.2, 0) is 0 Å². The molecule has 0 saturated carbocycles. The predicted molar refractivity (Wildman–Crippen MR) is 181 cm³/mol. The fourth-order valence-corrected chi connectivity index (χ4v) is 5.33. The summed E-state index contributed by atoms with van der Waals surface area (Å²) in [4.78, 5) is 2.29. The zero-order valence-electron chi connectivity index (χ0n) is 24.1. The number of benzene rings is 6. The van der Waals surface area contributed by atoms with E-state index in [2.05, 4.69) is 176 Å². The molecule has 0 spiro atoms. The summed E-state index contributed by atoms with van der Waals surface area (Å²) in [5.41, 5.74) is 13.9. The summed E-state index contributed by atoms with van der Waals surface area (Å²) < 4.78 is 0. The molecule has 204 valence electrons. The third kappa shape index (κ3) is 5.89. The van der Waals surface area contributed by atoms with Gasteiger partial charge in [-0.05, 0) is 96.3 Å². The average molecular weight is 543 g/mol. The lowest BCUT2D eigenvalue weighted by Gasteiger charge is -2.26. The summed E-state index contributed by atoms with van der Waals surface area (Å²) in [6.07, 6.45) is 1.87. The first-order valence-electron chi connectivity index (χ1n) is 14.3. The van der Waals surface area contributed by atoms with Gasteiger partial charge in [0.05, 0.1) is 0 Å². The molecule has 0 bridgehead atoms. The van der Waals surface area contributed by atoms with Crippen LogP contribution in [0.2, 0.25) is 0 Å². The molecule has 0 atom stereocenters. The lowest BCUT2D eigenvalue weighted by atomic mass is 10.0. The van der Waals surface area contributed by atoms with Gasteiger partial charge in [-0.15, -0.1) is 0 Å². The van der Waals surface area contributed by atoms with E-state index in [4.69, 9.17) is 0 Å². The highest BCUT2D eigenvalue weighted by Gasteiger charge is 2.13. The van der Waals surface area contributed by atoms with Gasteiger partial charge in [0.2, 0.25) is 0 Å². The maximum Gasteiger partial charge on any atom is 0.0464 e. The topological polar surface area (TPSA) is 15.3 Å². The van der Waals surface area contributed by atoms with Gasteiger partial charge in [0, 0.05) is 34.0 Å². The van der Waals surface area contributed by atoms with Gasteiger partial charge < -0.3 is 10.2 Å². The Bertz CT molecular complexity index is 1810. The van der Waals surface area contributed by atoms with Gasteiger partial charge in [-0.25, -0.2) is 0 Å². The molecular formula is C40H34N2. The average Bonchev–Trinajstić information content (AvgIpc) is 3.03. The number of nitrogens with zero attached hydrogens (tertiary/aromatic N) is 1. The van der Waals surface area contributed by atoms with Crippen LogP contribution in [0.3, 0.4) is 0 Å². The van der Waals surface area contributed by atoms with Crippen molar-refractivity contribution in [1.82, 2.24) is 0 Å². The van der Waals surface area contributed by atoms with Crippen molar-refractivity contribution < 1.29 is 0 Å². The van der Waals surface area contributed by atoms with Crippen molar-refractivity contribution in [3.63, 3.8) is 0 Å². The summed E-state index contributed by atoms with van der Waals surface area (Å²) in [5, 5.41) is 3.63. The zero-order chi connectivity index (χ0) is 28.9. The number of anilines is 5. The van der Waals surface area contributed by atoms with E-state index in [-0.39, 0.29) is 0 Å². The number of hydrogen-bond donors (Lipinski definition) is 1. The van der Waals surface area contributed by atoms with E-state index in [1.807, 2.05) is 6.08 Å². The first kappa shape index (κ1) is 26.9. The van der Waals surface area contributed by atoms with E-state index >= 15 is 0 Å². The van der Waals surface area contributed by atoms with Crippen LogP contribution in [0.4, 0.5) is 28.4 Å². The number of hydrogen-bond acceptors (Lipinski definition) is 2. The molecule has 2 nitrogen and oxygen atoms in total. The molecule has 0 aliphatic heterocycles. The minimum absolute atomic E-state index is 1.06. The van der Waals surface area contributed by atoms with E-state index in [0.717, 1.165) is 34.0 Å². The van der Waals surface area contributed by atoms with Crippen LogP contribution in [0.25, 0.3) is 28.3 Å². The SMILES string of the molecule is C=Cc1ccc(N(c2ccc(-c3ccc(Nc4ccccc4-c4cccc(C)c4)cc3)cc2)c2cccc(C)c2)cc1. The van der Waals surface area contributed by atoms with Crippen molar-refractivity contribution in [3.8, 4) is 22.3 Å². The molecule has 0 heterocycles. The van der Waals surface area contributed by atoms with Gasteiger partial charge in [0.15, 0.2) is 0 Å². The van der Waals surface area contributed by atoms with Crippen molar-refractivity contribution in [3.05, 3.63) is 169 Å². The second-order valence-corrected chi connectivity index (χ2v) is 10.6. The molecule has 0 amide bonds. The lowest BCUT2D eigenvalue weighted by molar-refractivity contribution is 1.27. The quantitative estimate of drug-likeness (QED) is 0.206. The van der Waals surface area contributed by atoms with Crippen LogP contribution in [0, 0.1) is 13.8 Å². The monoisotopic (exact) mass is 542 g/mol. The Kier molecular flexibility index (Phi) is 7.70. The van der Waals surface area contributed by atoms with Gasteiger partial charge in [-0.2, -0.15) is 0 Å². The highest BCUT2D eigenvalue weighted by molar-refractivity contribution is 5.82. The Balaban J connectivity index is 1.25. The van der Waals surface area contributed by atoms with Crippen molar-refractivity contribution in [2.24, 2.45) is 0 Å². The molecule has 6 aromatic rings. The number of para-hydroxylation sites is 1. The number of aryl methyl sites for hydroxylation is 2. The number of nitrogens with one attached hydrogen (secondary N) is 1. The minimum atomic E-state index is 1.06. The number of rotatable bonds is 8. The van der Waals surface area contributed by atoms with E-state index in [0.29, 0.717) is 0 Å². The van der Waals surface area contributed by atoms with Crippen LogP contribution in [0.1, 0.15) is 16.7 Å². The highest BCUT2D eigenvalue weighted by atomic mass is 15.1. The largest absolute Gasteiger partial charge is 0.355 e. The third-order valence-corrected chi connectivity index (χ3v) is 7.53. The van der Waals surface area contributed by atoms with Crippen LogP contribution >= 0.6 is 0 Å². The van der Waals surface area contributed by atoms with Crippen LogP contribution in [0.5, 0.6) is 0 Å². The van der Waals surface area contributed by atoms with E-state index in [1.54, 1.807) is 0 Å². The Morgan fingerprint density at radius 1 is 0.524 bits per heavy atom. The molecule has 0 aromatic heterocycles. The van der Waals surface area contributed by atoms with Crippen LogP contribution in [-0.4, -0.2) is 0 Å². The van der Waals surface area contributed by atoms with Crippen LogP contribution < -0.4 is 10.2 Å². The van der Waals surface area contributed by atoms with Crippen molar-refractivity contribution in [2.45, 2.75) is 13.8 Å². The van der Waals surface area contributed by atoms with Gasteiger partial charge >= 0.3 is 0 Å². The fraction of sp³-hybridized carbons (Fsp3) is 0.0500. The van der Waals surface area contributed by atoms with Crippen LogP contribution in [0.15, 0.2) is 152 Å². The summed E-state index contributed by atoms with van der Waals surface area (Å²) in [6.45, 7) is 8.16. The lowest BCUT2D eigenvalue weighted by Crippen LogP contribution is -2.10. The summed E-state index contributed by atoms with van der Waals surface area (Å²) in [7, 11) is 0. The molecule has 6 rings (SSSR count). The highest BCUT2D eigenvalue weighted by Crippen LogP contribution is 2.37. The van der Waals surface area contributed by atoms with Gasteiger partial charge in [0.25, 0.3) is 0 Å². The molecule has 2 heteroatoms. The Morgan fingerprint density at radius 3 is 1.76 bits per heavy atom. The van der Waals surface area contributed by atoms with Crippen molar-refractivity contribution in [2.75, 3.05) is 10.2 Å². The van der Waals surface area contributed by atoms with Gasteiger partial charge in [-0.1, -0.05) is 109 Å². The molecule has 42 heavy (non-hydrogen) atoms. The van der Waals surface area contributed by atoms with Gasteiger partial charge in [0.1, 0.15) is 0 Å². The second-order valence-electron chi connectivity index (χ2n) is 10.6. The summed E-state index contributed by atoms with van der Waals surface area (Å²) in [5.74, 6) is 0. The maximum atomic E-state index is 3.90. The van der Waals surface area contributed by atoms with Crippen molar-refractivity contribution >= 4 is 34.5 Å². The normalized spacial score (nSPS) is 10.7. The maximum absolute atomic E-state index is 3.90. The third-order valence-electron chi connectivity index (χ3n) is 7.53. The van der Waals surface area contributed by atoms with Gasteiger partial charge in [-0.3, -0.25) is 0 Å². The predicted octanol–water partition coefficient (Wildman–Crippen LogP) is 11.5. The summed E-state index contributed by atoms with van der Waals surface area (Å²) in [6, 6.07) is 51.7. The summed E-state index contributed by atoms with van der Waals surface area (Å²) >= 11 is 0. The van der Waals surface area contributed by atoms with E-state index in [9.17, 15) is 0 Å². The Morgan fingerprint density at radius 2 is 1.12 bits per heavy atom. The molecule has 0 unspecified atom stereocenters. The van der Waals surface area contributed by atoms with Crippen molar-refractivity contribution in [1.29, 1.82) is 0 Å². The molecule has 0 saturated heterocycles. The fourth-order valence-electron chi connectivity index (χ4n) is 5.33. The zero-order valence-corrected chi connectivity index (χ0v) is 24.1. The minimum Gasteiger partial charge on any atom is -0.355 e. The van der Waals surface area contributed by atoms with E-state index in [1.165, 1.54) is 33.4 Å². The first-order valence-corrected chi connectivity index (χ1v) is 14.3. The smallest absolute Gasteiger partial charge is 0.0464 e. The second kappa shape index (κ2) is 12.0. The molecule has 6 aromatic carbocycles. The van der Waals surface area contributed by atoms with E-state index < -0.39 is 0 Å². The Labute approximate surface area is 249 Å².